The van der Waals surface area contributed by atoms with Crippen LogP contribution in [0.2, 0.25) is 0 Å². The molecular formula is C15H14BrFO. The summed E-state index contributed by atoms with van der Waals surface area (Å²) in [5, 5.41) is 10.2. The summed E-state index contributed by atoms with van der Waals surface area (Å²) < 4.78 is 13.7. The van der Waals surface area contributed by atoms with Gasteiger partial charge in [0.1, 0.15) is 5.82 Å². The summed E-state index contributed by atoms with van der Waals surface area (Å²) in [6, 6.07) is 12.1. The molecule has 0 heterocycles. The lowest BCUT2D eigenvalue weighted by Crippen LogP contribution is -2.04. The molecule has 0 aliphatic carbocycles. The molecule has 0 radical (unpaired) electrons. The third-order valence-corrected chi connectivity index (χ3v) is 3.44. The van der Waals surface area contributed by atoms with Gasteiger partial charge in [-0.15, -0.1) is 0 Å². The molecule has 94 valence electrons. The zero-order valence-corrected chi connectivity index (χ0v) is 11.6. The number of rotatable bonds is 3. The summed E-state index contributed by atoms with van der Waals surface area (Å²) >= 11 is 3.40. The molecule has 1 atom stereocenters. The van der Waals surface area contributed by atoms with E-state index in [1.54, 1.807) is 12.1 Å². The molecule has 0 fully saturated rings. The van der Waals surface area contributed by atoms with Crippen LogP contribution in [0, 0.1) is 12.7 Å². The highest BCUT2D eigenvalue weighted by Crippen LogP contribution is 2.25. The van der Waals surface area contributed by atoms with E-state index in [1.165, 1.54) is 12.1 Å². The van der Waals surface area contributed by atoms with Crippen LogP contribution in [-0.4, -0.2) is 5.11 Å². The number of aryl methyl sites for hydroxylation is 1. The van der Waals surface area contributed by atoms with Crippen LogP contribution in [0.3, 0.4) is 0 Å². The molecule has 1 unspecified atom stereocenters. The molecule has 3 heteroatoms. The summed E-state index contributed by atoms with van der Waals surface area (Å²) in [5.41, 5.74) is 2.87. The number of aliphatic hydroxyl groups excluding tert-OH is 1. The Morgan fingerprint density at radius 1 is 1.17 bits per heavy atom. The molecular weight excluding hydrogens is 295 g/mol. The van der Waals surface area contributed by atoms with Gasteiger partial charge in [0.2, 0.25) is 0 Å². The molecule has 0 aliphatic rings. The van der Waals surface area contributed by atoms with Gasteiger partial charge in [-0.1, -0.05) is 34.1 Å². The first-order valence-electron chi connectivity index (χ1n) is 5.75. The average Bonchev–Trinajstić information content (AvgIpc) is 2.35. The minimum Gasteiger partial charge on any atom is -0.388 e. The quantitative estimate of drug-likeness (QED) is 0.902. The fraction of sp³-hybridized carbons (Fsp3) is 0.200. The van der Waals surface area contributed by atoms with Crippen LogP contribution >= 0.6 is 15.9 Å². The van der Waals surface area contributed by atoms with Gasteiger partial charge in [-0.05, 0) is 47.9 Å². The van der Waals surface area contributed by atoms with E-state index in [4.69, 9.17) is 0 Å². The Kier molecular flexibility index (Phi) is 4.15. The maximum absolute atomic E-state index is 12.8. The lowest BCUT2D eigenvalue weighted by Gasteiger charge is -2.14. The van der Waals surface area contributed by atoms with E-state index in [0.717, 1.165) is 21.2 Å². The van der Waals surface area contributed by atoms with Gasteiger partial charge in [-0.3, -0.25) is 0 Å². The van der Waals surface area contributed by atoms with Crippen molar-refractivity contribution >= 4 is 15.9 Å². The number of aliphatic hydroxyl groups is 1. The van der Waals surface area contributed by atoms with Crippen molar-refractivity contribution in [1.29, 1.82) is 0 Å². The minimum absolute atomic E-state index is 0.258. The van der Waals surface area contributed by atoms with Crippen molar-refractivity contribution in [3.05, 3.63) is 69.4 Å². The van der Waals surface area contributed by atoms with Gasteiger partial charge in [-0.2, -0.15) is 0 Å². The van der Waals surface area contributed by atoms with E-state index in [9.17, 15) is 9.50 Å². The van der Waals surface area contributed by atoms with Crippen LogP contribution in [0.25, 0.3) is 0 Å². The molecule has 18 heavy (non-hydrogen) atoms. The van der Waals surface area contributed by atoms with E-state index in [-0.39, 0.29) is 5.82 Å². The SMILES string of the molecule is Cc1ccc(Br)cc1C(O)Cc1ccc(F)cc1. The van der Waals surface area contributed by atoms with E-state index < -0.39 is 6.10 Å². The van der Waals surface area contributed by atoms with E-state index in [2.05, 4.69) is 15.9 Å². The highest BCUT2D eigenvalue weighted by Gasteiger charge is 2.11. The molecule has 1 nitrogen and oxygen atoms in total. The van der Waals surface area contributed by atoms with Crippen LogP contribution in [0.1, 0.15) is 22.8 Å². The molecule has 0 bridgehead atoms. The monoisotopic (exact) mass is 308 g/mol. The predicted molar refractivity (Wildman–Crippen MR) is 73.9 cm³/mol. The lowest BCUT2D eigenvalue weighted by atomic mass is 9.98. The lowest BCUT2D eigenvalue weighted by molar-refractivity contribution is 0.177. The van der Waals surface area contributed by atoms with Crippen molar-refractivity contribution in [2.45, 2.75) is 19.4 Å². The third-order valence-electron chi connectivity index (χ3n) is 2.94. The Morgan fingerprint density at radius 3 is 2.50 bits per heavy atom. The normalized spacial score (nSPS) is 12.4. The third kappa shape index (κ3) is 3.18. The van der Waals surface area contributed by atoms with Gasteiger partial charge in [0.15, 0.2) is 0 Å². The largest absolute Gasteiger partial charge is 0.388 e. The van der Waals surface area contributed by atoms with Crippen LogP contribution in [0.15, 0.2) is 46.9 Å². The molecule has 2 rings (SSSR count). The van der Waals surface area contributed by atoms with Crippen LogP contribution in [0.4, 0.5) is 4.39 Å². The highest BCUT2D eigenvalue weighted by molar-refractivity contribution is 9.10. The second-order valence-corrected chi connectivity index (χ2v) is 5.26. The van der Waals surface area contributed by atoms with Crippen LogP contribution < -0.4 is 0 Å². The van der Waals surface area contributed by atoms with Gasteiger partial charge in [0.05, 0.1) is 6.10 Å². The maximum atomic E-state index is 12.8. The van der Waals surface area contributed by atoms with Crippen molar-refractivity contribution in [1.82, 2.24) is 0 Å². The Labute approximate surface area is 114 Å². The number of benzene rings is 2. The Bertz CT molecular complexity index is 537. The second kappa shape index (κ2) is 5.63. The maximum Gasteiger partial charge on any atom is 0.123 e. The van der Waals surface area contributed by atoms with Gasteiger partial charge in [0.25, 0.3) is 0 Å². The summed E-state index contributed by atoms with van der Waals surface area (Å²) in [6.07, 6.45) is -0.0923. The second-order valence-electron chi connectivity index (χ2n) is 4.35. The van der Waals surface area contributed by atoms with Crippen LogP contribution in [0.5, 0.6) is 0 Å². The molecule has 2 aromatic rings. The number of hydrogen-bond donors (Lipinski definition) is 1. The molecule has 0 saturated carbocycles. The number of halogens is 2. The van der Waals surface area contributed by atoms with Gasteiger partial charge >= 0.3 is 0 Å². The highest BCUT2D eigenvalue weighted by atomic mass is 79.9. The van der Waals surface area contributed by atoms with Crippen molar-refractivity contribution in [3.63, 3.8) is 0 Å². The zero-order valence-electron chi connectivity index (χ0n) is 10.0. The number of hydrogen-bond acceptors (Lipinski definition) is 1. The first-order valence-corrected chi connectivity index (χ1v) is 6.54. The zero-order chi connectivity index (χ0) is 13.1. The Morgan fingerprint density at radius 2 is 1.83 bits per heavy atom. The minimum atomic E-state index is -0.576. The summed E-state index contributed by atoms with van der Waals surface area (Å²) in [5.74, 6) is -0.258. The van der Waals surface area contributed by atoms with Crippen molar-refractivity contribution in [3.8, 4) is 0 Å². The average molecular weight is 309 g/mol. The standard InChI is InChI=1S/C15H14BrFO/c1-10-2-5-12(16)9-14(10)15(18)8-11-3-6-13(17)7-4-11/h2-7,9,15,18H,8H2,1H3. The molecule has 1 N–H and O–H groups in total. The molecule has 0 saturated heterocycles. The van der Waals surface area contributed by atoms with E-state index >= 15 is 0 Å². The van der Waals surface area contributed by atoms with Crippen molar-refractivity contribution < 1.29 is 9.50 Å². The molecule has 0 aromatic heterocycles. The van der Waals surface area contributed by atoms with E-state index in [0.29, 0.717) is 6.42 Å². The van der Waals surface area contributed by atoms with Crippen molar-refractivity contribution in [2.24, 2.45) is 0 Å². The molecule has 0 aliphatic heterocycles. The molecule has 2 aromatic carbocycles. The molecule has 0 spiro atoms. The van der Waals surface area contributed by atoms with Gasteiger partial charge < -0.3 is 5.11 Å². The fourth-order valence-electron chi connectivity index (χ4n) is 1.92. The summed E-state index contributed by atoms with van der Waals surface area (Å²) in [6.45, 7) is 1.97. The van der Waals surface area contributed by atoms with Crippen LogP contribution in [-0.2, 0) is 6.42 Å². The first-order chi connectivity index (χ1) is 8.56. The van der Waals surface area contributed by atoms with Crippen molar-refractivity contribution in [2.75, 3.05) is 0 Å². The Hall–Kier alpha value is -1.19. The first kappa shape index (κ1) is 13.2. The molecule has 0 amide bonds. The summed E-state index contributed by atoms with van der Waals surface area (Å²) in [7, 11) is 0. The van der Waals surface area contributed by atoms with Gasteiger partial charge in [0, 0.05) is 10.9 Å². The van der Waals surface area contributed by atoms with E-state index in [1.807, 2.05) is 25.1 Å². The predicted octanol–water partition coefficient (Wildman–Crippen LogP) is 4.17. The smallest absolute Gasteiger partial charge is 0.123 e. The Balaban J connectivity index is 2.18. The summed E-state index contributed by atoms with van der Waals surface area (Å²) in [4.78, 5) is 0. The fourth-order valence-corrected chi connectivity index (χ4v) is 2.30. The topological polar surface area (TPSA) is 20.2 Å². The van der Waals surface area contributed by atoms with Gasteiger partial charge in [-0.25, -0.2) is 4.39 Å².